The van der Waals surface area contributed by atoms with E-state index in [1.165, 1.54) is 0 Å². The van der Waals surface area contributed by atoms with Gasteiger partial charge in [0, 0.05) is 23.5 Å². The number of pyridine rings is 1. The van der Waals surface area contributed by atoms with E-state index in [1.807, 2.05) is 0 Å². The molecule has 2 aromatic heterocycles. The maximum Gasteiger partial charge on any atom is 0.247 e. The van der Waals surface area contributed by atoms with Crippen molar-refractivity contribution in [1.82, 2.24) is 15.1 Å². The average Bonchev–Trinajstić information content (AvgIpc) is 3.06. The largest absolute Gasteiger partial charge is 0.337 e. The Morgan fingerprint density at radius 3 is 2.76 bits per heavy atom. The summed E-state index contributed by atoms with van der Waals surface area (Å²) < 4.78 is 5.36. The van der Waals surface area contributed by atoms with Crippen LogP contribution in [0.3, 0.4) is 0 Å². The number of aromatic nitrogens is 3. The number of rotatable bonds is 2. The van der Waals surface area contributed by atoms with Crippen LogP contribution < -0.4 is 0 Å². The van der Waals surface area contributed by atoms with Crippen molar-refractivity contribution < 1.29 is 4.52 Å². The predicted molar refractivity (Wildman–Crippen MR) is 75.8 cm³/mol. The van der Waals surface area contributed by atoms with E-state index in [-0.39, 0.29) is 0 Å². The van der Waals surface area contributed by atoms with Gasteiger partial charge in [0.25, 0.3) is 0 Å². The molecule has 0 amide bonds. The molecule has 1 saturated carbocycles. The zero-order valence-corrected chi connectivity index (χ0v) is 11.5. The predicted octanol–water partition coefficient (Wildman–Crippen LogP) is 2.84. The average molecular weight is 278 g/mol. The molecule has 0 atom stereocenters. The number of hydrogen-bond donors (Lipinski definition) is 0. The SMILES string of the molecule is C#Cc1cncc(-c2noc(C3(C#N)CCCCC3)n2)c1. The Kier molecular flexibility index (Phi) is 3.41. The molecule has 0 aromatic carbocycles. The van der Waals surface area contributed by atoms with Gasteiger partial charge in [-0.2, -0.15) is 10.2 Å². The fourth-order valence-electron chi connectivity index (χ4n) is 2.71. The second kappa shape index (κ2) is 5.38. The second-order valence-corrected chi connectivity index (χ2v) is 5.28. The van der Waals surface area contributed by atoms with Gasteiger partial charge in [-0.25, -0.2) is 0 Å². The summed E-state index contributed by atoms with van der Waals surface area (Å²) in [5.74, 6) is 3.36. The van der Waals surface area contributed by atoms with Crippen molar-refractivity contribution in [2.45, 2.75) is 37.5 Å². The van der Waals surface area contributed by atoms with Crippen LogP contribution in [0.15, 0.2) is 23.0 Å². The van der Waals surface area contributed by atoms with Gasteiger partial charge in [0.05, 0.1) is 6.07 Å². The van der Waals surface area contributed by atoms with E-state index in [0.29, 0.717) is 22.8 Å². The van der Waals surface area contributed by atoms with E-state index in [1.54, 1.807) is 18.5 Å². The van der Waals surface area contributed by atoms with Crippen LogP contribution in [0.2, 0.25) is 0 Å². The van der Waals surface area contributed by atoms with Crippen LogP contribution in [-0.2, 0) is 5.41 Å². The smallest absolute Gasteiger partial charge is 0.247 e. The molecule has 5 nitrogen and oxygen atoms in total. The lowest BCUT2D eigenvalue weighted by Crippen LogP contribution is -2.27. The lowest BCUT2D eigenvalue weighted by molar-refractivity contribution is 0.264. The van der Waals surface area contributed by atoms with Crippen molar-refractivity contribution in [3.8, 4) is 29.8 Å². The summed E-state index contributed by atoms with van der Waals surface area (Å²) in [5, 5.41) is 13.5. The molecule has 2 aromatic rings. The van der Waals surface area contributed by atoms with Gasteiger partial charge in [-0.3, -0.25) is 4.98 Å². The maximum atomic E-state index is 9.54. The van der Waals surface area contributed by atoms with E-state index in [4.69, 9.17) is 10.9 Å². The minimum Gasteiger partial charge on any atom is -0.337 e. The van der Waals surface area contributed by atoms with Crippen molar-refractivity contribution in [3.63, 3.8) is 0 Å². The van der Waals surface area contributed by atoms with Crippen molar-refractivity contribution >= 4 is 0 Å². The molecule has 3 rings (SSSR count). The minimum absolute atomic E-state index is 0.408. The van der Waals surface area contributed by atoms with Gasteiger partial charge < -0.3 is 4.52 Å². The van der Waals surface area contributed by atoms with E-state index in [0.717, 1.165) is 32.1 Å². The fourth-order valence-corrected chi connectivity index (χ4v) is 2.71. The highest BCUT2D eigenvalue weighted by Crippen LogP contribution is 2.38. The Labute approximate surface area is 123 Å². The topological polar surface area (TPSA) is 75.6 Å². The monoisotopic (exact) mass is 278 g/mol. The van der Waals surface area contributed by atoms with E-state index in [2.05, 4.69) is 27.1 Å². The first-order chi connectivity index (χ1) is 10.3. The summed E-state index contributed by atoms with van der Waals surface area (Å²) >= 11 is 0. The van der Waals surface area contributed by atoms with Crippen LogP contribution in [0, 0.1) is 23.7 Å². The van der Waals surface area contributed by atoms with Gasteiger partial charge in [0.2, 0.25) is 11.7 Å². The molecule has 0 unspecified atom stereocenters. The number of terminal acetylenes is 1. The molecule has 1 aliphatic rings. The summed E-state index contributed by atoms with van der Waals surface area (Å²) in [6, 6.07) is 4.16. The number of nitriles is 1. The maximum absolute atomic E-state index is 9.54. The first kappa shape index (κ1) is 13.3. The first-order valence-electron chi connectivity index (χ1n) is 6.95. The Morgan fingerprint density at radius 2 is 2.05 bits per heavy atom. The summed E-state index contributed by atoms with van der Waals surface area (Å²) in [7, 11) is 0. The molecule has 1 fully saturated rings. The standard InChI is InChI=1S/C16H14N4O/c1-2-12-8-13(10-18-9-12)14-19-15(21-20-14)16(11-17)6-4-3-5-7-16/h1,8-10H,3-7H2. The van der Waals surface area contributed by atoms with E-state index in [9.17, 15) is 5.26 Å². The zero-order valence-electron chi connectivity index (χ0n) is 11.5. The Bertz CT molecular complexity index is 729. The van der Waals surface area contributed by atoms with Crippen LogP contribution in [0.25, 0.3) is 11.4 Å². The lowest BCUT2D eigenvalue weighted by Gasteiger charge is -2.26. The third-order valence-corrected chi connectivity index (χ3v) is 3.92. The van der Waals surface area contributed by atoms with Gasteiger partial charge in [-0.15, -0.1) is 6.42 Å². The van der Waals surface area contributed by atoms with Crippen LogP contribution >= 0.6 is 0 Å². The Hall–Kier alpha value is -2.66. The van der Waals surface area contributed by atoms with E-state index >= 15 is 0 Å². The first-order valence-corrected chi connectivity index (χ1v) is 6.95. The summed E-state index contributed by atoms with van der Waals surface area (Å²) in [6.07, 6.45) is 13.3. The van der Waals surface area contributed by atoms with Crippen molar-refractivity contribution in [1.29, 1.82) is 5.26 Å². The molecule has 0 bridgehead atoms. The molecule has 0 radical (unpaired) electrons. The van der Waals surface area contributed by atoms with Crippen LogP contribution in [-0.4, -0.2) is 15.1 Å². The number of nitrogens with zero attached hydrogens (tertiary/aromatic N) is 4. The zero-order chi connectivity index (χ0) is 14.7. The second-order valence-electron chi connectivity index (χ2n) is 5.28. The Morgan fingerprint density at radius 1 is 1.24 bits per heavy atom. The van der Waals surface area contributed by atoms with Crippen LogP contribution in [0.1, 0.15) is 43.6 Å². The van der Waals surface area contributed by atoms with Gasteiger partial charge in [-0.05, 0) is 18.9 Å². The third kappa shape index (κ3) is 2.39. The summed E-state index contributed by atoms with van der Waals surface area (Å²) in [4.78, 5) is 8.48. The molecule has 21 heavy (non-hydrogen) atoms. The molecule has 2 heterocycles. The molecule has 0 aliphatic heterocycles. The molecular weight excluding hydrogens is 264 g/mol. The highest BCUT2D eigenvalue weighted by atomic mass is 16.5. The van der Waals surface area contributed by atoms with E-state index < -0.39 is 5.41 Å². The highest BCUT2D eigenvalue weighted by Gasteiger charge is 2.39. The quantitative estimate of drug-likeness (QED) is 0.789. The lowest BCUT2D eigenvalue weighted by atomic mass is 9.75. The highest BCUT2D eigenvalue weighted by molar-refractivity contribution is 5.56. The number of hydrogen-bond acceptors (Lipinski definition) is 5. The molecule has 5 heteroatoms. The molecule has 0 spiro atoms. The normalized spacial score (nSPS) is 16.9. The molecule has 0 N–H and O–H groups in total. The Balaban J connectivity index is 1.96. The van der Waals surface area contributed by atoms with Gasteiger partial charge in [0.1, 0.15) is 5.41 Å². The minimum atomic E-state index is -0.638. The molecule has 104 valence electrons. The fraction of sp³-hybridized carbons (Fsp3) is 0.375. The molecular formula is C16H14N4O. The summed E-state index contributed by atoms with van der Waals surface area (Å²) in [5.41, 5.74) is 0.719. The van der Waals surface area contributed by atoms with Crippen LogP contribution in [0.4, 0.5) is 0 Å². The van der Waals surface area contributed by atoms with Crippen molar-refractivity contribution in [2.24, 2.45) is 0 Å². The van der Waals surface area contributed by atoms with Crippen molar-refractivity contribution in [2.75, 3.05) is 0 Å². The van der Waals surface area contributed by atoms with Crippen LogP contribution in [0.5, 0.6) is 0 Å². The summed E-state index contributed by atoms with van der Waals surface area (Å²) in [6.45, 7) is 0. The van der Waals surface area contributed by atoms with Gasteiger partial charge in [0.15, 0.2) is 0 Å². The van der Waals surface area contributed by atoms with Gasteiger partial charge >= 0.3 is 0 Å². The van der Waals surface area contributed by atoms with Crippen molar-refractivity contribution in [3.05, 3.63) is 29.9 Å². The molecule has 1 aliphatic carbocycles. The van der Waals surface area contributed by atoms with Gasteiger partial charge in [-0.1, -0.05) is 30.3 Å². The molecule has 0 saturated heterocycles. The third-order valence-electron chi connectivity index (χ3n) is 3.92.